The van der Waals surface area contributed by atoms with Gasteiger partial charge in [0.05, 0.1) is 24.2 Å². The Morgan fingerprint density at radius 3 is 2.90 bits per heavy atom. The smallest absolute Gasteiger partial charge is 0.343 e. The molecular formula is C15H14N4O2. The second-order valence-electron chi connectivity index (χ2n) is 4.51. The lowest BCUT2D eigenvalue weighted by molar-refractivity contribution is 0.0528. The molecule has 3 rings (SSSR count). The first-order valence-corrected chi connectivity index (χ1v) is 6.64. The van der Waals surface area contributed by atoms with E-state index < -0.39 is 5.97 Å². The molecule has 0 fully saturated rings. The van der Waals surface area contributed by atoms with E-state index in [2.05, 4.69) is 15.1 Å². The van der Waals surface area contributed by atoms with Crippen LogP contribution in [0.5, 0.6) is 0 Å². The number of carbonyl (C=O) groups excluding carboxylic acids is 1. The molecule has 0 saturated heterocycles. The van der Waals surface area contributed by atoms with E-state index in [1.165, 1.54) is 6.20 Å². The minimum Gasteiger partial charge on any atom is -0.462 e. The maximum Gasteiger partial charge on any atom is 0.343 e. The Labute approximate surface area is 121 Å². The Morgan fingerprint density at radius 2 is 2.19 bits per heavy atom. The number of aromatic nitrogens is 4. The van der Waals surface area contributed by atoms with Gasteiger partial charge < -0.3 is 4.74 Å². The third-order valence-electron chi connectivity index (χ3n) is 3.07. The number of fused-ring (bicyclic) bond motifs is 1. The fraction of sp³-hybridized carbons (Fsp3) is 0.200. The summed E-state index contributed by atoms with van der Waals surface area (Å²) in [5.41, 5.74) is 3.16. The second kappa shape index (κ2) is 5.32. The second-order valence-corrected chi connectivity index (χ2v) is 4.51. The predicted octanol–water partition coefficient (Wildman–Crippen LogP) is 2.28. The molecule has 0 aliphatic carbocycles. The molecule has 6 nitrogen and oxygen atoms in total. The van der Waals surface area contributed by atoms with Crippen LogP contribution in [0.4, 0.5) is 0 Å². The first-order chi connectivity index (χ1) is 10.2. The predicted molar refractivity (Wildman–Crippen MR) is 76.9 cm³/mol. The van der Waals surface area contributed by atoms with Crippen LogP contribution < -0.4 is 0 Å². The van der Waals surface area contributed by atoms with Crippen LogP contribution in [-0.2, 0) is 4.74 Å². The van der Waals surface area contributed by atoms with E-state index in [9.17, 15) is 4.79 Å². The molecule has 0 amide bonds. The van der Waals surface area contributed by atoms with Crippen molar-refractivity contribution < 1.29 is 9.53 Å². The largest absolute Gasteiger partial charge is 0.462 e. The number of aryl methyl sites for hydroxylation is 1. The summed E-state index contributed by atoms with van der Waals surface area (Å²) < 4.78 is 6.66. The van der Waals surface area contributed by atoms with Gasteiger partial charge in [0.1, 0.15) is 5.56 Å². The van der Waals surface area contributed by atoms with Gasteiger partial charge in [-0.1, -0.05) is 6.07 Å². The number of carbonyl (C=O) groups is 1. The van der Waals surface area contributed by atoms with E-state index >= 15 is 0 Å². The van der Waals surface area contributed by atoms with Crippen LogP contribution >= 0.6 is 0 Å². The van der Waals surface area contributed by atoms with Crippen molar-refractivity contribution in [2.45, 2.75) is 13.8 Å². The first kappa shape index (κ1) is 13.2. The molecule has 6 heteroatoms. The number of hydrogen-bond donors (Lipinski definition) is 0. The molecule has 0 spiro atoms. The van der Waals surface area contributed by atoms with Gasteiger partial charge in [-0.15, -0.1) is 0 Å². The SMILES string of the molecule is CCOC(=O)c1cnn2c(C)cc(-c3ccccn3)nc12. The van der Waals surface area contributed by atoms with Crippen molar-refractivity contribution in [1.82, 2.24) is 19.6 Å². The number of nitrogens with zero attached hydrogens (tertiary/aromatic N) is 4. The molecule has 0 atom stereocenters. The van der Waals surface area contributed by atoms with Crippen molar-refractivity contribution in [3.8, 4) is 11.4 Å². The molecule has 3 aromatic heterocycles. The number of esters is 1. The summed E-state index contributed by atoms with van der Waals surface area (Å²) in [7, 11) is 0. The molecule has 21 heavy (non-hydrogen) atoms. The number of ether oxygens (including phenoxy) is 1. The number of rotatable bonds is 3. The summed E-state index contributed by atoms with van der Waals surface area (Å²) in [6, 6.07) is 7.50. The van der Waals surface area contributed by atoms with Crippen molar-refractivity contribution >= 4 is 11.6 Å². The minimum absolute atomic E-state index is 0.315. The van der Waals surface area contributed by atoms with Crippen molar-refractivity contribution in [3.63, 3.8) is 0 Å². The fourth-order valence-corrected chi connectivity index (χ4v) is 2.11. The van der Waals surface area contributed by atoms with Crippen LogP contribution in [0.25, 0.3) is 17.0 Å². The van der Waals surface area contributed by atoms with Gasteiger partial charge >= 0.3 is 5.97 Å². The molecule has 0 saturated carbocycles. The molecule has 3 aromatic rings. The molecule has 0 unspecified atom stereocenters. The highest BCUT2D eigenvalue weighted by Gasteiger charge is 2.17. The van der Waals surface area contributed by atoms with E-state index in [0.717, 1.165) is 11.4 Å². The zero-order valence-corrected chi connectivity index (χ0v) is 11.8. The zero-order valence-electron chi connectivity index (χ0n) is 11.8. The monoisotopic (exact) mass is 282 g/mol. The van der Waals surface area contributed by atoms with Gasteiger partial charge in [-0.25, -0.2) is 14.3 Å². The Morgan fingerprint density at radius 1 is 1.33 bits per heavy atom. The Bertz CT molecular complexity index is 796. The molecular weight excluding hydrogens is 268 g/mol. The molecule has 0 N–H and O–H groups in total. The summed E-state index contributed by atoms with van der Waals surface area (Å²) in [4.78, 5) is 20.7. The van der Waals surface area contributed by atoms with Crippen molar-refractivity contribution in [3.05, 3.63) is 47.9 Å². The van der Waals surface area contributed by atoms with Gasteiger partial charge in [0.25, 0.3) is 0 Å². The van der Waals surface area contributed by atoms with Crippen LogP contribution in [-0.4, -0.2) is 32.2 Å². The summed E-state index contributed by atoms with van der Waals surface area (Å²) in [5.74, 6) is -0.419. The lowest BCUT2D eigenvalue weighted by Crippen LogP contribution is -2.06. The summed E-state index contributed by atoms with van der Waals surface area (Å²) in [6.07, 6.45) is 3.19. The van der Waals surface area contributed by atoms with Gasteiger partial charge in [-0.05, 0) is 32.0 Å². The van der Waals surface area contributed by atoms with E-state index in [1.54, 1.807) is 17.6 Å². The minimum atomic E-state index is -0.419. The Hall–Kier alpha value is -2.76. The average molecular weight is 282 g/mol. The van der Waals surface area contributed by atoms with Crippen LogP contribution in [0.15, 0.2) is 36.7 Å². The number of hydrogen-bond acceptors (Lipinski definition) is 5. The molecule has 0 aliphatic heterocycles. The molecule has 0 radical (unpaired) electrons. The standard InChI is InChI=1S/C15H14N4O2/c1-3-21-15(20)11-9-17-19-10(2)8-13(18-14(11)19)12-6-4-5-7-16-12/h4-9H,3H2,1-2H3. The Kier molecular flexibility index (Phi) is 3.35. The van der Waals surface area contributed by atoms with E-state index in [1.807, 2.05) is 31.2 Å². The highest BCUT2D eigenvalue weighted by atomic mass is 16.5. The molecule has 0 aliphatic rings. The van der Waals surface area contributed by atoms with Gasteiger partial charge in [0, 0.05) is 11.9 Å². The zero-order chi connectivity index (χ0) is 14.8. The lowest BCUT2D eigenvalue weighted by Gasteiger charge is -2.05. The summed E-state index contributed by atoms with van der Waals surface area (Å²) in [6.45, 7) is 3.99. The average Bonchev–Trinajstić information content (AvgIpc) is 2.93. The van der Waals surface area contributed by atoms with E-state index in [0.29, 0.717) is 23.5 Å². The van der Waals surface area contributed by atoms with Crippen molar-refractivity contribution in [1.29, 1.82) is 0 Å². The van der Waals surface area contributed by atoms with Crippen molar-refractivity contribution in [2.24, 2.45) is 0 Å². The third kappa shape index (κ3) is 2.35. The topological polar surface area (TPSA) is 69.4 Å². The Balaban J connectivity index is 2.17. The van der Waals surface area contributed by atoms with Gasteiger partial charge in [0.15, 0.2) is 5.65 Å². The van der Waals surface area contributed by atoms with Crippen LogP contribution in [0, 0.1) is 6.92 Å². The van der Waals surface area contributed by atoms with E-state index in [-0.39, 0.29) is 0 Å². The first-order valence-electron chi connectivity index (χ1n) is 6.64. The molecule has 106 valence electrons. The van der Waals surface area contributed by atoms with Crippen molar-refractivity contribution in [2.75, 3.05) is 6.61 Å². The normalized spacial score (nSPS) is 10.8. The van der Waals surface area contributed by atoms with Gasteiger partial charge in [0.2, 0.25) is 0 Å². The van der Waals surface area contributed by atoms with Gasteiger partial charge in [-0.3, -0.25) is 4.98 Å². The molecule has 0 aromatic carbocycles. The van der Waals surface area contributed by atoms with Crippen LogP contribution in [0.2, 0.25) is 0 Å². The quantitative estimate of drug-likeness (QED) is 0.689. The highest BCUT2D eigenvalue weighted by Crippen LogP contribution is 2.19. The molecule has 0 bridgehead atoms. The third-order valence-corrected chi connectivity index (χ3v) is 3.07. The van der Waals surface area contributed by atoms with E-state index in [4.69, 9.17) is 4.74 Å². The lowest BCUT2D eigenvalue weighted by atomic mass is 10.2. The van der Waals surface area contributed by atoms with Crippen LogP contribution in [0.1, 0.15) is 23.0 Å². The molecule has 3 heterocycles. The van der Waals surface area contributed by atoms with Crippen LogP contribution in [0.3, 0.4) is 0 Å². The maximum atomic E-state index is 11.9. The highest BCUT2D eigenvalue weighted by molar-refractivity contribution is 5.95. The summed E-state index contributed by atoms with van der Waals surface area (Å²) >= 11 is 0. The fourth-order valence-electron chi connectivity index (χ4n) is 2.11. The number of pyridine rings is 1. The van der Waals surface area contributed by atoms with Gasteiger partial charge in [-0.2, -0.15) is 5.10 Å². The summed E-state index contributed by atoms with van der Waals surface area (Å²) in [5, 5.41) is 4.19. The maximum absolute atomic E-state index is 11.9.